The number of carbonyl (C=O) groups is 1. The first-order valence-corrected chi connectivity index (χ1v) is 4.05. The Morgan fingerprint density at radius 2 is 2.58 bits per heavy atom. The number of nitrogens with two attached hydrogens (primary N) is 1. The summed E-state index contributed by atoms with van der Waals surface area (Å²) in [5.74, 6) is 0. The maximum absolute atomic E-state index is 10.3. The molecule has 0 unspecified atom stereocenters. The molecule has 0 aromatic rings. The van der Waals surface area contributed by atoms with Gasteiger partial charge in [0.2, 0.25) is 0 Å². The lowest BCUT2D eigenvalue weighted by molar-refractivity contribution is 0.249. The van der Waals surface area contributed by atoms with Crippen LogP contribution in [-0.4, -0.2) is 11.7 Å². The summed E-state index contributed by atoms with van der Waals surface area (Å²) in [6, 6.07) is -0.607. The van der Waals surface area contributed by atoms with Crippen molar-refractivity contribution in [1.82, 2.24) is 5.43 Å². The van der Waals surface area contributed by atoms with Crippen molar-refractivity contribution >= 4 is 11.7 Å². The molecule has 0 bridgehead atoms. The average Bonchev–Trinajstić information content (AvgIpc) is 2.47. The number of primary amides is 1. The molecule has 2 amide bonds. The lowest BCUT2D eigenvalue weighted by atomic mass is 10.1. The number of nitrogens with zero attached hydrogens (tertiary/aromatic N) is 1. The van der Waals surface area contributed by atoms with E-state index in [-0.39, 0.29) is 0 Å². The van der Waals surface area contributed by atoms with Crippen LogP contribution in [-0.2, 0) is 0 Å². The van der Waals surface area contributed by atoms with E-state index >= 15 is 0 Å². The van der Waals surface area contributed by atoms with Gasteiger partial charge in [-0.3, -0.25) is 0 Å². The molecule has 0 heterocycles. The second-order valence-electron chi connectivity index (χ2n) is 2.66. The Bertz CT molecular complexity index is 243. The van der Waals surface area contributed by atoms with Crippen LogP contribution in [0.2, 0.25) is 0 Å². The van der Waals surface area contributed by atoms with Gasteiger partial charge in [-0.25, -0.2) is 10.2 Å². The minimum Gasteiger partial charge on any atom is -0.350 e. The highest BCUT2D eigenvalue weighted by molar-refractivity contribution is 6.02. The van der Waals surface area contributed by atoms with Crippen LogP contribution in [0.5, 0.6) is 0 Å². The van der Waals surface area contributed by atoms with Gasteiger partial charge in [-0.05, 0) is 24.8 Å². The molecule has 0 aromatic heterocycles. The van der Waals surface area contributed by atoms with Gasteiger partial charge in [0.25, 0.3) is 0 Å². The number of hydrogen-bond donors (Lipinski definition) is 2. The van der Waals surface area contributed by atoms with Crippen LogP contribution in [0.15, 0.2) is 16.8 Å². The molecule has 66 valence electrons. The zero-order chi connectivity index (χ0) is 8.97. The molecule has 4 heteroatoms. The zero-order valence-corrected chi connectivity index (χ0v) is 7.13. The lowest BCUT2D eigenvalue weighted by Crippen LogP contribution is -2.25. The molecule has 0 aliphatic heterocycles. The van der Waals surface area contributed by atoms with Gasteiger partial charge in [-0.2, -0.15) is 5.10 Å². The Morgan fingerprint density at radius 3 is 3.17 bits per heavy atom. The number of carbonyl (C=O) groups excluding carboxylic acids is 1. The van der Waals surface area contributed by atoms with Crippen molar-refractivity contribution < 1.29 is 4.79 Å². The number of amides is 2. The van der Waals surface area contributed by atoms with Gasteiger partial charge < -0.3 is 5.73 Å². The van der Waals surface area contributed by atoms with Gasteiger partial charge in [0, 0.05) is 0 Å². The van der Waals surface area contributed by atoms with E-state index < -0.39 is 6.03 Å². The third-order valence-corrected chi connectivity index (χ3v) is 1.82. The van der Waals surface area contributed by atoms with Crippen LogP contribution in [0.25, 0.3) is 0 Å². The molecule has 0 fully saturated rings. The van der Waals surface area contributed by atoms with Gasteiger partial charge in [-0.1, -0.05) is 13.0 Å². The number of hydrogen-bond acceptors (Lipinski definition) is 2. The summed E-state index contributed by atoms with van der Waals surface area (Å²) < 4.78 is 0. The van der Waals surface area contributed by atoms with Crippen LogP contribution < -0.4 is 11.2 Å². The quantitative estimate of drug-likeness (QED) is 0.595. The third kappa shape index (κ3) is 2.08. The Balaban J connectivity index is 2.57. The van der Waals surface area contributed by atoms with E-state index in [0.717, 1.165) is 25.0 Å². The zero-order valence-electron chi connectivity index (χ0n) is 7.13. The van der Waals surface area contributed by atoms with Crippen molar-refractivity contribution in [2.45, 2.75) is 26.2 Å². The molecule has 0 spiro atoms. The van der Waals surface area contributed by atoms with Gasteiger partial charge in [0.15, 0.2) is 0 Å². The fraction of sp³-hybridized carbons (Fsp3) is 0.500. The number of urea groups is 1. The molecule has 0 saturated heterocycles. The van der Waals surface area contributed by atoms with Gasteiger partial charge in [0.1, 0.15) is 0 Å². The molecular formula is C8H13N3O. The monoisotopic (exact) mass is 167 g/mol. The maximum Gasteiger partial charge on any atom is 0.332 e. The van der Waals surface area contributed by atoms with Crippen molar-refractivity contribution in [2.24, 2.45) is 10.8 Å². The highest BCUT2D eigenvalue weighted by Gasteiger charge is 2.10. The smallest absolute Gasteiger partial charge is 0.332 e. The van der Waals surface area contributed by atoms with E-state index in [2.05, 4.69) is 23.5 Å². The Kier molecular flexibility index (Phi) is 2.85. The minimum atomic E-state index is -0.607. The molecule has 4 nitrogen and oxygen atoms in total. The largest absolute Gasteiger partial charge is 0.350 e. The van der Waals surface area contributed by atoms with E-state index in [9.17, 15) is 4.79 Å². The first kappa shape index (κ1) is 8.77. The first-order valence-electron chi connectivity index (χ1n) is 4.05. The second kappa shape index (κ2) is 3.90. The van der Waals surface area contributed by atoms with Crippen molar-refractivity contribution in [2.75, 3.05) is 0 Å². The van der Waals surface area contributed by atoms with Crippen molar-refractivity contribution in [3.8, 4) is 0 Å². The van der Waals surface area contributed by atoms with Gasteiger partial charge in [-0.15, -0.1) is 0 Å². The SMILES string of the molecule is CCC1=CCC/C1=N\NC(N)=O. The highest BCUT2D eigenvalue weighted by atomic mass is 16.2. The fourth-order valence-corrected chi connectivity index (χ4v) is 1.26. The van der Waals surface area contributed by atoms with Crippen molar-refractivity contribution in [3.63, 3.8) is 0 Å². The molecule has 1 aliphatic carbocycles. The minimum absolute atomic E-state index is 0.607. The predicted octanol–water partition coefficient (Wildman–Crippen LogP) is 1.14. The Hall–Kier alpha value is -1.32. The van der Waals surface area contributed by atoms with E-state index in [1.807, 2.05) is 0 Å². The highest BCUT2D eigenvalue weighted by Crippen LogP contribution is 2.17. The number of rotatable bonds is 2. The van der Waals surface area contributed by atoms with E-state index in [0.29, 0.717) is 0 Å². The van der Waals surface area contributed by atoms with Crippen LogP contribution in [0.4, 0.5) is 4.79 Å². The standard InChI is InChI=1S/C8H13N3O/c1-2-6-4-3-5-7(6)10-11-8(9)12/h4H,2-3,5H2,1H3,(H3,9,11,12)/b10-7+. The normalized spacial score (nSPS) is 19.4. The number of hydrazone groups is 1. The molecule has 3 N–H and O–H groups in total. The van der Waals surface area contributed by atoms with Crippen LogP contribution in [0, 0.1) is 0 Å². The maximum atomic E-state index is 10.3. The van der Waals surface area contributed by atoms with Crippen molar-refractivity contribution in [1.29, 1.82) is 0 Å². The molecule has 1 rings (SSSR count). The molecule has 1 aliphatic rings. The van der Waals surface area contributed by atoms with E-state index in [4.69, 9.17) is 5.73 Å². The van der Waals surface area contributed by atoms with Crippen molar-refractivity contribution in [3.05, 3.63) is 11.6 Å². The summed E-state index contributed by atoms with van der Waals surface area (Å²) in [6.07, 6.45) is 5.02. The van der Waals surface area contributed by atoms with Crippen LogP contribution in [0.3, 0.4) is 0 Å². The van der Waals surface area contributed by atoms with Crippen LogP contribution in [0.1, 0.15) is 26.2 Å². The number of allylic oxidation sites excluding steroid dienone is 2. The molecule has 0 radical (unpaired) electrons. The summed E-state index contributed by atoms with van der Waals surface area (Å²) >= 11 is 0. The Morgan fingerprint density at radius 1 is 1.83 bits per heavy atom. The topological polar surface area (TPSA) is 67.5 Å². The van der Waals surface area contributed by atoms with Gasteiger partial charge >= 0.3 is 6.03 Å². The molecule has 0 aromatic carbocycles. The van der Waals surface area contributed by atoms with E-state index in [1.165, 1.54) is 5.57 Å². The summed E-state index contributed by atoms with van der Waals surface area (Å²) in [5.41, 5.74) is 9.29. The molecular weight excluding hydrogens is 154 g/mol. The molecule has 12 heavy (non-hydrogen) atoms. The summed E-state index contributed by atoms with van der Waals surface area (Å²) in [7, 11) is 0. The summed E-state index contributed by atoms with van der Waals surface area (Å²) in [6.45, 7) is 2.07. The summed E-state index contributed by atoms with van der Waals surface area (Å²) in [4.78, 5) is 10.3. The Labute approximate surface area is 71.5 Å². The fourth-order valence-electron chi connectivity index (χ4n) is 1.26. The molecule has 0 saturated carbocycles. The number of nitrogens with one attached hydrogen (secondary N) is 1. The van der Waals surface area contributed by atoms with E-state index in [1.54, 1.807) is 0 Å². The lowest BCUT2D eigenvalue weighted by Gasteiger charge is -2.00. The second-order valence-corrected chi connectivity index (χ2v) is 2.66. The summed E-state index contributed by atoms with van der Waals surface area (Å²) in [5, 5.41) is 3.90. The third-order valence-electron chi connectivity index (χ3n) is 1.82. The van der Waals surface area contributed by atoms with Crippen LogP contribution >= 0.6 is 0 Å². The average molecular weight is 167 g/mol. The van der Waals surface area contributed by atoms with Gasteiger partial charge in [0.05, 0.1) is 5.71 Å². The first-order chi connectivity index (χ1) is 5.74. The molecule has 0 atom stereocenters. The predicted molar refractivity (Wildman–Crippen MR) is 47.8 cm³/mol.